The molecule has 5 heteroatoms. The average molecular weight is 339 g/mol. The van der Waals surface area contributed by atoms with Crippen molar-refractivity contribution in [3.8, 4) is 11.5 Å². The van der Waals surface area contributed by atoms with Crippen LogP contribution in [0.4, 0.5) is 0 Å². The lowest BCUT2D eigenvalue weighted by molar-refractivity contribution is 0.0322. The molecule has 130 valence electrons. The lowest BCUT2D eigenvalue weighted by atomic mass is 9.93. The van der Waals surface area contributed by atoms with Crippen LogP contribution in [-0.2, 0) is 17.7 Å². The van der Waals surface area contributed by atoms with Gasteiger partial charge < -0.3 is 19.8 Å². The highest BCUT2D eigenvalue weighted by Crippen LogP contribution is 2.30. The van der Waals surface area contributed by atoms with Crippen LogP contribution >= 0.6 is 0 Å². The van der Waals surface area contributed by atoms with Gasteiger partial charge in [-0.25, -0.2) is 0 Å². The standard InChI is InChI=1S/C20H21NO4/c22-17-4-1-13(2-5-17)20(24)21-11-15-10-18(23)6-3-14(15)9-16(21)12-25-19-7-8-19/h1-6,10,16,19,22-23H,7-9,11-12H2. The zero-order chi connectivity index (χ0) is 17.4. The second-order valence-electron chi connectivity index (χ2n) is 6.82. The fourth-order valence-corrected chi connectivity index (χ4v) is 3.27. The molecule has 1 fully saturated rings. The molecule has 1 atom stereocenters. The molecule has 5 nitrogen and oxygen atoms in total. The summed E-state index contributed by atoms with van der Waals surface area (Å²) in [6, 6.07) is 11.6. The first-order valence-electron chi connectivity index (χ1n) is 8.62. The number of hydrogen-bond acceptors (Lipinski definition) is 4. The summed E-state index contributed by atoms with van der Waals surface area (Å²) in [6.07, 6.45) is 3.25. The highest BCUT2D eigenvalue weighted by molar-refractivity contribution is 5.94. The van der Waals surface area contributed by atoms with Crippen molar-refractivity contribution in [2.24, 2.45) is 0 Å². The van der Waals surface area contributed by atoms with Gasteiger partial charge >= 0.3 is 0 Å². The Labute approximate surface area is 146 Å². The van der Waals surface area contributed by atoms with E-state index < -0.39 is 0 Å². The summed E-state index contributed by atoms with van der Waals surface area (Å²) in [6.45, 7) is 0.969. The van der Waals surface area contributed by atoms with Gasteiger partial charge in [-0.2, -0.15) is 0 Å². The summed E-state index contributed by atoms with van der Waals surface area (Å²) in [5.74, 6) is 0.265. The molecule has 0 aromatic heterocycles. The Hall–Kier alpha value is -2.53. The lowest BCUT2D eigenvalue weighted by Crippen LogP contribution is -2.46. The number of benzene rings is 2. The molecule has 1 amide bonds. The SMILES string of the molecule is O=C(c1ccc(O)cc1)N1Cc2cc(O)ccc2CC1COC1CC1. The Balaban J connectivity index is 1.60. The minimum absolute atomic E-state index is 0.0288. The quantitative estimate of drug-likeness (QED) is 0.899. The summed E-state index contributed by atoms with van der Waals surface area (Å²) in [5.41, 5.74) is 2.66. The number of fused-ring (bicyclic) bond motifs is 1. The molecule has 1 aliphatic heterocycles. The van der Waals surface area contributed by atoms with Crippen LogP contribution in [0.2, 0.25) is 0 Å². The van der Waals surface area contributed by atoms with Gasteiger partial charge in [0.15, 0.2) is 0 Å². The molecule has 2 aliphatic rings. The van der Waals surface area contributed by atoms with E-state index in [1.807, 2.05) is 11.0 Å². The first-order valence-corrected chi connectivity index (χ1v) is 8.62. The van der Waals surface area contributed by atoms with Crippen LogP contribution in [-0.4, -0.2) is 39.8 Å². The van der Waals surface area contributed by atoms with Crippen LogP contribution < -0.4 is 0 Å². The third kappa shape index (κ3) is 3.46. The van der Waals surface area contributed by atoms with Gasteiger partial charge in [0.05, 0.1) is 18.8 Å². The molecule has 4 rings (SSSR count). The first kappa shape index (κ1) is 16.0. The van der Waals surface area contributed by atoms with Crippen LogP contribution in [0.1, 0.15) is 34.3 Å². The van der Waals surface area contributed by atoms with E-state index in [2.05, 4.69) is 0 Å². The maximum atomic E-state index is 13.0. The van der Waals surface area contributed by atoms with E-state index in [1.165, 1.54) is 12.1 Å². The molecule has 0 saturated heterocycles. The third-order valence-electron chi connectivity index (χ3n) is 4.85. The Morgan fingerprint density at radius 1 is 1.04 bits per heavy atom. The number of aromatic hydroxyl groups is 2. The van der Waals surface area contributed by atoms with E-state index in [-0.39, 0.29) is 23.4 Å². The van der Waals surface area contributed by atoms with Crippen molar-refractivity contribution in [3.05, 3.63) is 59.2 Å². The van der Waals surface area contributed by atoms with Crippen molar-refractivity contribution in [2.75, 3.05) is 6.61 Å². The average Bonchev–Trinajstić information content (AvgIpc) is 3.43. The zero-order valence-electron chi connectivity index (χ0n) is 13.9. The summed E-state index contributed by atoms with van der Waals surface area (Å²) < 4.78 is 5.88. The molecule has 1 heterocycles. The Morgan fingerprint density at radius 2 is 1.76 bits per heavy atom. The van der Waals surface area contributed by atoms with Crippen LogP contribution in [0.3, 0.4) is 0 Å². The molecule has 0 bridgehead atoms. The third-order valence-corrected chi connectivity index (χ3v) is 4.85. The predicted molar refractivity (Wildman–Crippen MR) is 92.6 cm³/mol. The van der Waals surface area contributed by atoms with Gasteiger partial charge in [0.25, 0.3) is 5.91 Å². The number of carbonyl (C=O) groups excluding carboxylic acids is 1. The van der Waals surface area contributed by atoms with Crippen molar-refractivity contribution in [3.63, 3.8) is 0 Å². The number of rotatable bonds is 4. The molecule has 2 aromatic rings. The highest BCUT2D eigenvalue weighted by Gasteiger charge is 2.32. The van der Waals surface area contributed by atoms with Gasteiger partial charge in [-0.05, 0) is 66.8 Å². The normalized spacial score (nSPS) is 19.5. The second kappa shape index (κ2) is 6.41. The number of amides is 1. The largest absolute Gasteiger partial charge is 0.508 e. The summed E-state index contributed by atoms with van der Waals surface area (Å²) >= 11 is 0. The zero-order valence-corrected chi connectivity index (χ0v) is 13.9. The van der Waals surface area contributed by atoms with Crippen molar-refractivity contribution in [2.45, 2.75) is 38.0 Å². The van der Waals surface area contributed by atoms with Crippen molar-refractivity contribution in [1.82, 2.24) is 4.90 Å². The van der Waals surface area contributed by atoms with Crippen molar-refractivity contribution >= 4 is 5.91 Å². The maximum Gasteiger partial charge on any atom is 0.254 e. The van der Waals surface area contributed by atoms with E-state index >= 15 is 0 Å². The molecular weight excluding hydrogens is 318 g/mol. The molecule has 1 saturated carbocycles. The Morgan fingerprint density at radius 3 is 2.48 bits per heavy atom. The van der Waals surface area contributed by atoms with Crippen LogP contribution in [0.15, 0.2) is 42.5 Å². The highest BCUT2D eigenvalue weighted by atomic mass is 16.5. The molecule has 0 radical (unpaired) electrons. The number of nitrogens with zero attached hydrogens (tertiary/aromatic N) is 1. The monoisotopic (exact) mass is 339 g/mol. The van der Waals surface area contributed by atoms with Gasteiger partial charge in [0.1, 0.15) is 11.5 Å². The predicted octanol–water partition coefficient (Wildman–Crippen LogP) is 2.84. The molecule has 1 aliphatic carbocycles. The smallest absolute Gasteiger partial charge is 0.254 e. The van der Waals surface area contributed by atoms with Gasteiger partial charge in [-0.1, -0.05) is 6.07 Å². The molecule has 25 heavy (non-hydrogen) atoms. The molecule has 2 aromatic carbocycles. The first-order chi connectivity index (χ1) is 12.1. The van der Waals surface area contributed by atoms with E-state index in [0.717, 1.165) is 24.0 Å². The van der Waals surface area contributed by atoms with Crippen molar-refractivity contribution < 1.29 is 19.7 Å². The molecule has 0 spiro atoms. The Bertz CT molecular complexity index is 783. The molecular formula is C20H21NO4. The minimum Gasteiger partial charge on any atom is -0.508 e. The number of phenols is 2. The number of ether oxygens (including phenoxy) is 1. The molecule has 1 unspecified atom stereocenters. The topological polar surface area (TPSA) is 70.0 Å². The van der Waals surface area contributed by atoms with Gasteiger partial charge in [0.2, 0.25) is 0 Å². The molecule has 2 N–H and O–H groups in total. The number of carbonyl (C=O) groups is 1. The summed E-state index contributed by atoms with van der Waals surface area (Å²) in [5, 5.41) is 19.2. The van der Waals surface area contributed by atoms with E-state index in [9.17, 15) is 15.0 Å². The van der Waals surface area contributed by atoms with E-state index in [1.54, 1.807) is 24.3 Å². The summed E-state index contributed by atoms with van der Waals surface area (Å²) in [4.78, 5) is 14.8. The second-order valence-corrected chi connectivity index (χ2v) is 6.82. The fraction of sp³-hybridized carbons (Fsp3) is 0.350. The van der Waals surface area contributed by atoms with Gasteiger partial charge in [-0.3, -0.25) is 4.79 Å². The maximum absolute atomic E-state index is 13.0. The minimum atomic E-state index is -0.0848. The Kier molecular flexibility index (Phi) is 4.09. The fourth-order valence-electron chi connectivity index (χ4n) is 3.27. The summed E-state index contributed by atoms with van der Waals surface area (Å²) in [7, 11) is 0. The van der Waals surface area contributed by atoms with Crippen LogP contribution in [0, 0.1) is 0 Å². The van der Waals surface area contributed by atoms with E-state index in [0.29, 0.717) is 31.2 Å². The van der Waals surface area contributed by atoms with E-state index in [4.69, 9.17) is 4.74 Å². The van der Waals surface area contributed by atoms with Crippen LogP contribution in [0.25, 0.3) is 0 Å². The van der Waals surface area contributed by atoms with Gasteiger partial charge in [0, 0.05) is 12.1 Å². The van der Waals surface area contributed by atoms with Gasteiger partial charge in [-0.15, -0.1) is 0 Å². The lowest BCUT2D eigenvalue weighted by Gasteiger charge is -2.37. The number of phenolic OH excluding ortho intramolecular Hbond substituents is 2. The van der Waals surface area contributed by atoms with Crippen LogP contribution in [0.5, 0.6) is 11.5 Å². The van der Waals surface area contributed by atoms with Crippen molar-refractivity contribution in [1.29, 1.82) is 0 Å². The number of hydrogen-bond donors (Lipinski definition) is 2.